The van der Waals surface area contributed by atoms with E-state index in [1.165, 1.54) is 32.1 Å². The van der Waals surface area contributed by atoms with Crippen LogP contribution in [0.5, 0.6) is 0 Å². The Morgan fingerprint density at radius 3 is 2.31 bits per heavy atom. The second kappa shape index (κ2) is 5.50. The lowest BCUT2D eigenvalue weighted by Crippen LogP contribution is -2.37. The molecule has 0 aromatic heterocycles. The highest BCUT2D eigenvalue weighted by Crippen LogP contribution is 2.42. The number of methoxy groups -OCH3 is 1. The minimum atomic E-state index is 0.00519. The summed E-state index contributed by atoms with van der Waals surface area (Å²) < 4.78 is 5.50. The molecule has 2 nitrogen and oxygen atoms in total. The van der Waals surface area contributed by atoms with Crippen LogP contribution in [-0.2, 0) is 4.74 Å². The summed E-state index contributed by atoms with van der Waals surface area (Å²) >= 11 is 0. The van der Waals surface area contributed by atoms with E-state index in [-0.39, 0.29) is 5.60 Å². The van der Waals surface area contributed by atoms with Crippen LogP contribution in [0.25, 0.3) is 0 Å². The van der Waals surface area contributed by atoms with Gasteiger partial charge >= 0.3 is 0 Å². The van der Waals surface area contributed by atoms with Crippen LogP contribution in [-0.4, -0.2) is 19.3 Å². The molecule has 0 spiro atoms. The number of nitrogens with two attached hydrogens (primary N) is 1. The molecule has 0 unspecified atom stereocenters. The quantitative estimate of drug-likeness (QED) is 0.781. The maximum absolute atomic E-state index is 6.01. The van der Waals surface area contributed by atoms with E-state index >= 15 is 0 Å². The van der Waals surface area contributed by atoms with Gasteiger partial charge in [-0.1, -0.05) is 19.8 Å². The van der Waals surface area contributed by atoms with Crippen molar-refractivity contribution in [2.45, 2.75) is 64.9 Å². The van der Waals surface area contributed by atoms with Gasteiger partial charge in [0.25, 0.3) is 0 Å². The molecule has 0 heterocycles. The minimum Gasteiger partial charge on any atom is -0.379 e. The van der Waals surface area contributed by atoms with Crippen molar-refractivity contribution in [1.82, 2.24) is 0 Å². The molecule has 0 aliphatic heterocycles. The second-order valence-electron chi connectivity index (χ2n) is 6.35. The normalized spacial score (nSPS) is 31.7. The zero-order chi connectivity index (χ0) is 12.2. The lowest BCUT2D eigenvalue weighted by molar-refractivity contribution is -0.00134. The highest BCUT2D eigenvalue weighted by molar-refractivity contribution is 4.87. The molecular formula is C14H29NO. The summed E-state index contributed by atoms with van der Waals surface area (Å²) in [5.41, 5.74) is 6.42. The van der Waals surface area contributed by atoms with Crippen LogP contribution in [0.1, 0.15) is 59.3 Å². The van der Waals surface area contributed by atoms with Crippen molar-refractivity contribution in [1.29, 1.82) is 0 Å². The van der Waals surface area contributed by atoms with Crippen LogP contribution < -0.4 is 5.73 Å². The van der Waals surface area contributed by atoms with Gasteiger partial charge in [-0.3, -0.25) is 0 Å². The zero-order valence-electron chi connectivity index (χ0n) is 11.5. The summed E-state index contributed by atoms with van der Waals surface area (Å²) in [5, 5.41) is 0. The van der Waals surface area contributed by atoms with Crippen LogP contribution in [0.2, 0.25) is 0 Å². The highest BCUT2D eigenvalue weighted by atomic mass is 16.5. The van der Waals surface area contributed by atoms with Gasteiger partial charge in [-0.15, -0.1) is 0 Å². The molecule has 0 amide bonds. The maximum Gasteiger partial charge on any atom is 0.0623 e. The van der Waals surface area contributed by atoms with Crippen LogP contribution in [0.3, 0.4) is 0 Å². The average molecular weight is 227 g/mol. The van der Waals surface area contributed by atoms with Gasteiger partial charge in [-0.05, 0) is 57.4 Å². The number of hydrogen-bond donors (Lipinski definition) is 1. The Bertz CT molecular complexity index is 205. The molecule has 16 heavy (non-hydrogen) atoms. The van der Waals surface area contributed by atoms with Crippen molar-refractivity contribution in [3.05, 3.63) is 0 Å². The van der Waals surface area contributed by atoms with E-state index in [2.05, 4.69) is 20.8 Å². The summed E-state index contributed by atoms with van der Waals surface area (Å²) in [5.74, 6) is 0.898. The smallest absolute Gasteiger partial charge is 0.0623 e. The van der Waals surface area contributed by atoms with E-state index < -0.39 is 0 Å². The van der Waals surface area contributed by atoms with Gasteiger partial charge in [0, 0.05) is 7.11 Å². The Labute approximate surface area is 101 Å². The Kier molecular flexibility index (Phi) is 4.81. The number of ether oxygens (including phenoxy) is 1. The monoisotopic (exact) mass is 227 g/mol. The molecule has 2 heteroatoms. The molecule has 2 N–H and O–H groups in total. The van der Waals surface area contributed by atoms with Crippen LogP contribution in [0, 0.1) is 11.3 Å². The average Bonchev–Trinajstić information content (AvgIpc) is 2.29. The predicted molar refractivity (Wildman–Crippen MR) is 69.4 cm³/mol. The standard InChI is InChI=1S/C14H29NO/c1-12-5-7-14(11-15,8-6-12)10-9-13(2,3)16-4/h12H,5-11,15H2,1-4H3. The van der Waals surface area contributed by atoms with Crippen molar-refractivity contribution in [2.75, 3.05) is 13.7 Å². The van der Waals surface area contributed by atoms with E-state index in [1.807, 2.05) is 0 Å². The highest BCUT2D eigenvalue weighted by Gasteiger charge is 2.34. The Hall–Kier alpha value is -0.0800. The fraction of sp³-hybridized carbons (Fsp3) is 1.00. The maximum atomic E-state index is 6.01. The SMILES string of the molecule is COC(C)(C)CCC1(CN)CCC(C)CC1. The first-order valence-electron chi connectivity index (χ1n) is 6.68. The summed E-state index contributed by atoms with van der Waals surface area (Å²) in [6, 6.07) is 0. The fourth-order valence-electron chi connectivity index (χ4n) is 2.60. The van der Waals surface area contributed by atoms with E-state index in [0.29, 0.717) is 5.41 Å². The zero-order valence-corrected chi connectivity index (χ0v) is 11.5. The van der Waals surface area contributed by atoms with E-state index in [1.54, 1.807) is 7.11 Å². The van der Waals surface area contributed by atoms with E-state index in [9.17, 15) is 0 Å². The molecule has 0 radical (unpaired) electrons. The van der Waals surface area contributed by atoms with Gasteiger partial charge < -0.3 is 10.5 Å². The third-order valence-electron chi connectivity index (χ3n) is 4.58. The van der Waals surface area contributed by atoms with Crippen molar-refractivity contribution in [2.24, 2.45) is 17.1 Å². The largest absolute Gasteiger partial charge is 0.379 e. The lowest BCUT2D eigenvalue weighted by atomic mass is 9.67. The Balaban J connectivity index is 2.48. The number of hydrogen-bond acceptors (Lipinski definition) is 2. The second-order valence-corrected chi connectivity index (χ2v) is 6.35. The molecule has 0 bridgehead atoms. The van der Waals surface area contributed by atoms with Crippen molar-refractivity contribution in [3.63, 3.8) is 0 Å². The Morgan fingerprint density at radius 2 is 1.88 bits per heavy atom. The fourth-order valence-corrected chi connectivity index (χ4v) is 2.60. The molecule has 1 saturated carbocycles. The molecule has 1 aliphatic carbocycles. The van der Waals surface area contributed by atoms with Crippen LogP contribution in [0.15, 0.2) is 0 Å². The van der Waals surface area contributed by atoms with Gasteiger partial charge in [0.05, 0.1) is 5.60 Å². The number of rotatable bonds is 5. The molecule has 0 atom stereocenters. The van der Waals surface area contributed by atoms with Crippen LogP contribution in [0.4, 0.5) is 0 Å². The lowest BCUT2D eigenvalue weighted by Gasteiger charge is -2.40. The first-order chi connectivity index (χ1) is 7.43. The predicted octanol–water partition coefficient (Wildman–Crippen LogP) is 3.35. The van der Waals surface area contributed by atoms with Crippen molar-refractivity contribution >= 4 is 0 Å². The molecule has 1 fully saturated rings. The molecule has 1 rings (SSSR count). The first kappa shape index (κ1) is 14.0. The van der Waals surface area contributed by atoms with Crippen LogP contribution >= 0.6 is 0 Å². The van der Waals surface area contributed by atoms with Gasteiger partial charge in [0.2, 0.25) is 0 Å². The topological polar surface area (TPSA) is 35.2 Å². The van der Waals surface area contributed by atoms with Crippen molar-refractivity contribution < 1.29 is 4.74 Å². The minimum absolute atomic E-state index is 0.00519. The molecule has 1 aliphatic rings. The molecule has 0 aromatic rings. The third kappa shape index (κ3) is 3.74. The van der Waals surface area contributed by atoms with Gasteiger partial charge in [0.15, 0.2) is 0 Å². The van der Waals surface area contributed by atoms with E-state index in [0.717, 1.165) is 18.9 Å². The summed E-state index contributed by atoms with van der Waals surface area (Å²) in [6.45, 7) is 7.55. The van der Waals surface area contributed by atoms with Gasteiger partial charge in [-0.2, -0.15) is 0 Å². The first-order valence-corrected chi connectivity index (χ1v) is 6.68. The molecular weight excluding hydrogens is 198 g/mol. The Morgan fingerprint density at radius 1 is 1.31 bits per heavy atom. The van der Waals surface area contributed by atoms with Crippen molar-refractivity contribution in [3.8, 4) is 0 Å². The van der Waals surface area contributed by atoms with E-state index in [4.69, 9.17) is 10.5 Å². The summed E-state index contributed by atoms with van der Waals surface area (Å²) in [7, 11) is 1.80. The van der Waals surface area contributed by atoms with Gasteiger partial charge in [0.1, 0.15) is 0 Å². The van der Waals surface area contributed by atoms with Gasteiger partial charge in [-0.25, -0.2) is 0 Å². The molecule has 0 aromatic carbocycles. The molecule has 96 valence electrons. The molecule has 0 saturated heterocycles. The summed E-state index contributed by atoms with van der Waals surface area (Å²) in [4.78, 5) is 0. The summed E-state index contributed by atoms with van der Waals surface area (Å²) in [6.07, 6.45) is 7.66. The third-order valence-corrected chi connectivity index (χ3v) is 4.58.